The van der Waals surface area contributed by atoms with Crippen molar-refractivity contribution in [2.24, 2.45) is 0 Å². The van der Waals surface area contributed by atoms with E-state index in [1.54, 1.807) is 13.8 Å². The molecule has 0 fully saturated rings. The van der Waals surface area contributed by atoms with Gasteiger partial charge in [-0.25, -0.2) is 4.79 Å². The van der Waals surface area contributed by atoms with Crippen LogP contribution >= 0.6 is 0 Å². The van der Waals surface area contributed by atoms with E-state index in [4.69, 9.17) is 9.84 Å². The zero-order valence-electron chi connectivity index (χ0n) is 7.09. The summed E-state index contributed by atoms with van der Waals surface area (Å²) in [5.74, 6) is -1.03. The SMILES string of the molecule is CCCOC(C)(C)OC(=O)O. The van der Waals surface area contributed by atoms with Crippen LogP contribution in [0.15, 0.2) is 0 Å². The number of carbonyl (C=O) groups is 1. The van der Waals surface area contributed by atoms with Crippen LogP contribution in [-0.2, 0) is 9.47 Å². The second kappa shape index (κ2) is 4.18. The van der Waals surface area contributed by atoms with Gasteiger partial charge in [0.2, 0.25) is 5.79 Å². The molecular formula is C7H14O4. The lowest BCUT2D eigenvalue weighted by Gasteiger charge is -2.22. The minimum Gasteiger partial charge on any atom is -0.450 e. The predicted molar refractivity (Wildman–Crippen MR) is 39.4 cm³/mol. The second-order valence-electron chi connectivity index (χ2n) is 2.62. The first-order valence-electron chi connectivity index (χ1n) is 3.54. The molecule has 0 aromatic carbocycles. The van der Waals surface area contributed by atoms with Gasteiger partial charge >= 0.3 is 6.16 Å². The van der Waals surface area contributed by atoms with E-state index < -0.39 is 11.9 Å². The molecule has 0 atom stereocenters. The van der Waals surface area contributed by atoms with Gasteiger partial charge in [0.25, 0.3) is 0 Å². The predicted octanol–water partition coefficient (Wildman–Crippen LogP) is 1.84. The Morgan fingerprint density at radius 3 is 2.45 bits per heavy atom. The van der Waals surface area contributed by atoms with Crippen LogP contribution in [0.4, 0.5) is 4.79 Å². The summed E-state index contributed by atoms with van der Waals surface area (Å²) in [7, 11) is 0. The van der Waals surface area contributed by atoms with Gasteiger partial charge in [-0.15, -0.1) is 0 Å². The molecule has 0 saturated heterocycles. The highest BCUT2D eigenvalue weighted by molar-refractivity contribution is 5.57. The standard InChI is InChI=1S/C7H14O4/c1-4-5-10-7(2,3)11-6(8)9/h4-5H2,1-3H3,(H,8,9). The first-order chi connectivity index (χ1) is 4.98. The summed E-state index contributed by atoms with van der Waals surface area (Å²) in [6.45, 7) is 5.57. The van der Waals surface area contributed by atoms with Crippen molar-refractivity contribution >= 4 is 6.16 Å². The summed E-state index contributed by atoms with van der Waals surface area (Å²) in [6.07, 6.45) is -0.474. The Balaban J connectivity index is 3.70. The normalized spacial score (nSPS) is 11.2. The fourth-order valence-corrected chi connectivity index (χ4v) is 0.588. The van der Waals surface area contributed by atoms with E-state index >= 15 is 0 Å². The van der Waals surface area contributed by atoms with Gasteiger partial charge in [0.05, 0.1) is 6.61 Å². The van der Waals surface area contributed by atoms with Crippen molar-refractivity contribution in [3.05, 3.63) is 0 Å². The fourth-order valence-electron chi connectivity index (χ4n) is 0.588. The quantitative estimate of drug-likeness (QED) is 0.506. The molecule has 0 aromatic rings. The van der Waals surface area contributed by atoms with Crippen molar-refractivity contribution in [1.29, 1.82) is 0 Å². The molecule has 4 nitrogen and oxygen atoms in total. The molecule has 11 heavy (non-hydrogen) atoms. The molecule has 0 aliphatic rings. The molecule has 1 N–H and O–H groups in total. The lowest BCUT2D eigenvalue weighted by molar-refractivity contribution is -0.185. The highest BCUT2D eigenvalue weighted by Gasteiger charge is 2.22. The van der Waals surface area contributed by atoms with E-state index in [0.717, 1.165) is 6.42 Å². The van der Waals surface area contributed by atoms with E-state index in [1.807, 2.05) is 6.92 Å². The summed E-state index contributed by atoms with van der Waals surface area (Å²) in [6, 6.07) is 0. The summed E-state index contributed by atoms with van der Waals surface area (Å²) < 4.78 is 9.52. The average Bonchev–Trinajstić information content (AvgIpc) is 1.81. The number of hydrogen-bond acceptors (Lipinski definition) is 3. The van der Waals surface area contributed by atoms with Crippen molar-refractivity contribution in [2.45, 2.75) is 33.0 Å². The molecule has 0 aliphatic heterocycles. The molecule has 0 unspecified atom stereocenters. The maximum absolute atomic E-state index is 10.1. The van der Waals surface area contributed by atoms with Crippen LogP contribution in [0.25, 0.3) is 0 Å². The summed E-state index contributed by atoms with van der Waals surface area (Å²) in [5, 5.41) is 8.25. The first kappa shape index (κ1) is 10.2. The first-order valence-corrected chi connectivity index (χ1v) is 3.54. The third kappa shape index (κ3) is 5.66. The second-order valence-corrected chi connectivity index (χ2v) is 2.62. The van der Waals surface area contributed by atoms with Gasteiger partial charge in [-0.1, -0.05) is 6.92 Å². The highest BCUT2D eigenvalue weighted by Crippen LogP contribution is 2.11. The summed E-state index contributed by atoms with van der Waals surface area (Å²) >= 11 is 0. The third-order valence-corrected chi connectivity index (χ3v) is 0.987. The summed E-state index contributed by atoms with van der Waals surface area (Å²) in [5.41, 5.74) is 0. The average molecular weight is 162 g/mol. The molecule has 4 heteroatoms. The van der Waals surface area contributed by atoms with Crippen LogP contribution < -0.4 is 0 Å². The molecule has 0 heterocycles. The van der Waals surface area contributed by atoms with Crippen LogP contribution in [0.3, 0.4) is 0 Å². The molecule has 0 radical (unpaired) electrons. The Bertz CT molecular complexity index is 130. The fraction of sp³-hybridized carbons (Fsp3) is 0.857. The van der Waals surface area contributed by atoms with Gasteiger partial charge in [0.15, 0.2) is 0 Å². The van der Waals surface area contributed by atoms with E-state index in [0.29, 0.717) is 6.61 Å². The molecule has 0 bridgehead atoms. The van der Waals surface area contributed by atoms with Gasteiger partial charge in [-0.2, -0.15) is 0 Å². The van der Waals surface area contributed by atoms with Crippen LogP contribution in [0, 0.1) is 0 Å². The molecule has 0 spiro atoms. The largest absolute Gasteiger partial charge is 0.508 e. The Morgan fingerprint density at radius 2 is 2.09 bits per heavy atom. The van der Waals surface area contributed by atoms with Gasteiger partial charge < -0.3 is 14.6 Å². The lowest BCUT2D eigenvalue weighted by Crippen LogP contribution is -2.31. The van der Waals surface area contributed by atoms with Gasteiger partial charge in [-0.3, -0.25) is 0 Å². The Kier molecular flexibility index (Phi) is 3.89. The molecular weight excluding hydrogens is 148 g/mol. The number of ether oxygens (including phenoxy) is 2. The monoisotopic (exact) mass is 162 g/mol. The van der Waals surface area contributed by atoms with Crippen molar-refractivity contribution < 1.29 is 19.4 Å². The van der Waals surface area contributed by atoms with Crippen LogP contribution in [0.1, 0.15) is 27.2 Å². The summed E-state index contributed by atoms with van der Waals surface area (Å²) in [4.78, 5) is 10.1. The topological polar surface area (TPSA) is 55.8 Å². The van der Waals surface area contributed by atoms with Crippen LogP contribution in [0.2, 0.25) is 0 Å². The zero-order chi connectivity index (χ0) is 8.91. The van der Waals surface area contributed by atoms with Crippen LogP contribution in [0.5, 0.6) is 0 Å². The van der Waals surface area contributed by atoms with E-state index in [9.17, 15) is 4.79 Å². The highest BCUT2D eigenvalue weighted by atomic mass is 16.8. The minimum atomic E-state index is -1.31. The number of hydrogen-bond donors (Lipinski definition) is 1. The van der Waals surface area contributed by atoms with Crippen molar-refractivity contribution in [3.63, 3.8) is 0 Å². The molecule has 66 valence electrons. The van der Waals surface area contributed by atoms with Gasteiger partial charge in [0, 0.05) is 13.8 Å². The smallest absolute Gasteiger partial charge is 0.450 e. The zero-order valence-corrected chi connectivity index (χ0v) is 7.09. The van der Waals surface area contributed by atoms with E-state index in [2.05, 4.69) is 4.74 Å². The Labute approximate surface area is 66.1 Å². The molecule has 0 rings (SSSR count). The van der Waals surface area contributed by atoms with Crippen molar-refractivity contribution in [1.82, 2.24) is 0 Å². The number of rotatable bonds is 4. The molecule has 0 saturated carbocycles. The van der Waals surface area contributed by atoms with Crippen molar-refractivity contribution in [3.8, 4) is 0 Å². The van der Waals surface area contributed by atoms with Gasteiger partial charge in [-0.05, 0) is 6.42 Å². The molecule has 0 aliphatic carbocycles. The lowest BCUT2D eigenvalue weighted by atomic mass is 10.4. The van der Waals surface area contributed by atoms with Gasteiger partial charge in [0.1, 0.15) is 0 Å². The van der Waals surface area contributed by atoms with E-state index in [-0.39, 0.29) is 0 Å². The maximum atomic E-state index is 10.1. The van der Waals surface area contributed by atoms with Crippen molar-refractivity contribution in [2.75, 3.05) is 6.61 Å². The third-order valence-electron chi connectivity index (χ3n) is 0.987. The number of carboxylic acid groups (broad SMARTS) is 1. The minimum absolute atomic E-state index is 0.500. The van der Waals surface area contributed by atoms with E-state index in [1.165, 1.54) is 0 Å². The van der Waals surface area contributed by atoms with Crippen LogP contribution in [-0.4, -0.2) is 23.7 Å². The Morgan fingerprint density at radius 1 is 1.55 bits per heavy atom. The maximum Gasteiger partial charge on any atom is 0.508 e. The Hall–Kier alpha value is -0.770. The molecule has 0 amide bonds. The molecule has 0 aromatic heterocycles.